The summed E-state index contributed by atoms with van der Waals surface area (Å²) in [5, 5.41) is 3.83. The highest BCUT2D eigenvalue weighted by Crippen LogP contribution is 2.18. The number of hydrogen-bond acceptors (Lipinski definition) is 2. The van der Waals surface area contributed by atoms with Gasteiger partial charge in [0, 0.05) is 12.6 Å². The predicted octanol–water partition coefficient (Wildman–Crippen LogP) is 2.64. The van der Waals surface area contributed by atoms with Crippen molar-refractivity contribution in [3.8, 4) is 0 Å². The van der Waals surface area contributed by atoms with Crippen LogP contribution in [0.1, 0.15) is 51.4 Å². The van der Waals surface area contributed by atoms with E-state index < -0.39 is 0 Å². The summed E-state index contributed by atoms with van der Waals surface area (Å²) in [5.74, 6) is 0.912. The van der Waals surface area contributed by atoms with E-state index in [1.165, 1.54) is 71.0 Å². The second-order valence-electron chi connectivity index (χ2n) is 5.87. The van der Waals surface area contributed by atoms with E-state index in [-0.39, 0.29) is 0 Å². The van der Waals surface area contributed by atoms with Crippen LogP contribution in [0.3, 0.4) is 0 Å². The number of hydrogen-bond donors (Lipinski definition) is 1. The molecule has 1 atom stereocenters. The van der Waals surface area contributed by atoms with E-state index >= 15 is 0 Å². The lowest BCUT2D eigenvalue weighted by atomic mass is 9.96. The Morgan fingerprint density at radius 3 is 2.31 bits per heavy atom. The molecular weight excluding hydrogens is 196 g/mol. The fraction of sp³-hybridized carbons (Fsp3) is 1.00. The minimum absolute atomic E-state index is 0.825. The van der Waals surface area contributed by atoms with E-state index in [0.717, 1.165) is 12.0 Å². The van der Waals surface area contributed by atoms with E-state index in [2.05, 4.69) is 17.3 Å². The molecule has 0 bridgehead atoms. The summed E-state index contributed by atoms with van der Waals surface area (Å²) in [6.07, 6.45) is 11.5. The molecule has 1 aliphatic carbocycles. The predicted molar refractivity (Wildman–Crippen MR) is 69.7 cm³/mol. The lowest BCUT2D eigenvalue weighted by Gasteiger charge is -2.22. The zero-order chi connectivity index (χ0) is 11.2. The third-order valence-corrected chi connectivity index (χ3v) is 4.29. The Labute approximate surface area is 101 Å². The molecule has 0 amide bonds. The minimum atomic E-state index is 0.825. The van der Waals surface area contributed by atoms with Crippen LogP contribution in [-0.4, -0.2) is 37.6 Å². The molecule has 2 rings (SSSR count). The van der Waals surface area contributed by atoms with Crippen molar-refractivity contribution in [2.45, 2.75) is 57.4 Å². The fourth-order valence-corrected chi connectivity index (χ4v) is 3.19. The molecule has 1 saturated heterocycles. The summed E-state index contributed by atoms with van der Waals surface area (Å²) in [6.45, 7) is 3.87. The molecule has 16 heavy (non-hydrogen) atoms. The summed E-state index contributed by atoms with van der Waals surface area (Å²) in [5.41, 5.74) is 0. The maximum absolute atomic E-state index is 3.83. The Bertz CT molecular complexity index is 185. The van der Waals surface area contributed by atoms with Crippen molar-refractivity contribution in [3.63, 3.8) is 0 Å². The minimum Gasteiger partial charge on any atom is -0.314 e. The normalized spacial score (nSPS) is 30.2. The molecular formula is C14H28N2. The van der Waals surface area contributed by atoms with Crippen LogP contribution in [0.4, 0.5) is 0 Å². The molecule has 1 saturated carbocycles. The van der Waals surface area contributed by atoms with Crippen LogP contribution in [0, 0.1) is 5.92 Å². The van der Waals surface area contributed by atoms with Gasteiger partial charge in [-0.15, -0.1) is 0 Å². The van der Waals surface area contributed by atoms with Crippen molar-refractivity contribution in [1.82, 2.24) is 10.2 Å². The molecule has 2 aliphatic rings. The quantitative estimate of drug-likeness (QED) is 0.793. The molecule has 1 aliphatic heterocycles. The highest BCUT2D eigenvalue weighted by molar-refractivity contribution is 4.77. The highest BCUT2D eigenvalue weighted by Gasteiger charge is 2.20. The summed E-state index contributed by atoms with van der Waals surface area (Å²) in [6, 6.07) is 0.825. The standard InChI is InChI=1S/C14H28N2/c1-16-10-9-13(12-16)11-15-14-7-5-3-2-4-6-8-14/h13-15H,2-12H2,1H3. The van der Waals surface area contributed by atoms with Crippen LogP contribution in [0.15, 0.2) is 0 Å². The molecule has 1 N–H and O–H groups in total. The van der Waals surface area contributed by atoms with E-state index in [1.54, 1.807) is 0 Å². The highest BCUT2D eigenvalue weighted by atomic mass is 15.1. The van der Waals surface area contributed by atoms with Gasteiger partial charge in [-0.05, 0) is 45.3 Å². The van der Waals surface area contributed by atoms with E-state index in [1.807, 2.05) is 0 Å². The van der Waals surface area contributed by atoms with Gasteiger partial charge < -0.3 is 10.2 Å². The summed E-state index contributed by atoms with van der Waals surface area (Å²) in [4.78, 5) is 2.46. The Balaban J connectivity index is 1.63. The van der Waals surface area contributed by atoms with Gasteiger partial charge in [-0.2, -0.15) is 0 Å². The van der Waals surface area contributed by atoms with Crippen LogP contribution in [0.5, 0.6) is 0 Å². The van der Waals surface area contributed by atoms with Crippen molar-refractivity contribution in [2.75, 3.05) is 26.7 Å². The molecule has 0 aromatic heterocycles. The van der Waals surface area contributed by atoms with E-state index in [9.17, 15) is 0 Å². The number of nitrogens with one attached hydrogen (secondary N) is 1. The molecule has 0 aromatic rings. The topological polar surface area (TPSA) is 15.3 Å². The van der Waals surface area contributed by atoms with Gasteiger partial charge >= 0.3 is 0 Å². The molecule has 1 unspecified atom stereocenters. The number of nitrogens with zero attached hydrogens (tertiary/aromatic N) is 1. The average Bonchev–Trinajstić information content (AvgIpc) is 2.63. The second-order valence-corrected chi connectivity index (χ2v) is 5.87. The van der Waals surface area contributed by atoms with Gasteiger partial charge in [0.05, 0.1) is 0 Å². The second kappa shape index (κ2) is 6.61. The van der Waals surface area contributed by atoms with Gasteiger partial charge in [-0.25, -0.2) is 0 Å². The monoisotopic (exact) mass is 224 g/mol. The van der Waals surface area contributed by atoms with E-state index in [4.69, 9.17) is 0 Å². The van der Waals surface area contributed by atoms with Crippen molar-refractivity contribution in [2.24, 2.45) is 5.92 Å². The van der Waals surface area contributed by atoms with Crippen LogP contribution in [0.25, 0.3) is 0 Å². The maximum atomic E-state index is 3.83. The largest absolute Gasteiger partial charge is 0.314 e. The first kappa shape index (κ1) is 12.4. The van der Waals surface area contributed by atoms with Gasteiger partial charge in [0.1, 0.15) is 0 Å². The first-order valence-corrected chi connectivity index (χ1v) is 7.26. The van der Waals surface area contributed by atoms with Gasteiger partial charge in [0.15, 0.2) is 0 Å². The summed E-state index contributed by atoms with van der Waals surface area (Å²) < 4.78 is 0. The molecule has 94 valence electrons. The van der Waals surface area contributed by atoms with Gasteiger partial charge in [0.2, 0.25) is 0 Å². The maximum Gasteiger partial charge on any atom is 0.00671 e. The third-order valence-electron chi connectivity index (χ3n) is 4.29. The SMILES string of the molecule is CN1CCC(CNC2CCCCCCC2)C1. The Kier molecular flexibility index (Phi) is 5.11. The molecule has 1 heterocycles. The summed E-state index contributed by atoms with van der Waals surface area (Å²) >= 11 is 0. The van der Waals surface area contributed by atoms with Crippen LogP contribution in [-0.2, 0) is 0 Å². The Morgan fingerprint density at radius 1 is 1.00 bits per heavy atom. The molecule has 0 spiro atoms. The first-order chi connectivity index (χ1) is 7.84. The van der Waals surface area contributed by atoms with Crippen molar-refractivity contribution in [3.05, 3.63) is 0 Å². The third kappa shape index (κ3) is 4.06. The molecule has 2 heteroatoms. The first-order valence-electron chi connectivity index (χ1n) is 7.26. The van der Waals surface area contributed by atoms with E-state index in [0.29, 0.717) is 0 Å². The number of rotatable bonds is 3. The summed E-state index contributed by atoms with van der Waals surface area (Å²) in [7, 11) is 2.25. The fourth-order valence-electron chi connectivity index (χ4n) is 3.19. The Hall–Kier alpha value is -0.0800. The van der Waals surface area contributed by atoms with Crippen LogP contribution in [0.2, 0.25) is 0 Å². The van der Waals surface area contributed by atoms with Crippen LogP contribution < -0.4 is 5.32 Å². The molecule has 2 fully saturated rings. The van der Waals surface area contributed by atoms with Gasteiger partial charge in [0.25, 0.3) is 0 Å². The number of likely N-dealkylation sites (tertiary alicyclic amines) is 1. The van der Waals surface area contributed by atoms with Crippen molar-refractivity contribution < 1.29 is 0 Å². The van der Waals surface area contributed by atoms with Gasteiger partial charge in [-0.3, -0.25) is 0 Å². The van der Waals surface area contributed by atoms with Crippen LogP contribution >= 0.6 is 0 Å². The molecule has 0 radical (unpaired) electrons. The molecule has 2 nitrogen and oxygen atoms in total. The zero-order valence-electron chi connectivity index (χ0n) is 10.9. The zero-order valence-corrected chi connectivity index (χ0v) is 10.9. The molecule has 0 aromatic carbocycles. The smallest absolute Gasteiger partial charge is 0.00671 e. The lowest BCUT2D eigenvalue weighted by molar-refractivity contribution is 0.349. The lowest BCUT2D eigenvalue weighted by Crippen LogP contribution is -2.34. The van der Waals surface area contributed by atoms with Crippen molar-refractivity contribution >= 4 is 0 Å². The van der Waals surface area contributed by atoms with Crippen molar-refractivity contribution in [1.29, 1.82) is 0 Å². The average molecular weight is 224 g/mol. The van der Waals surface area contributed by atoms with Gasteiger partial charge in [-0.1, -0.05) is 32.1 Å². The Morgan fingerprint density at radius 2 is 1.69 bits per heavy atom.